The van der Waals surface area contributed by atoms with Crippen molar-refractivity contribution in [3.8, 4) is 0 Å². The Hall–Kier alpha value is -0.240. The average Bonchev–Trinajstić information content (AvgIpc) is 2.23. The summed E-state index contributed by atoms with van der Waals surface area (Å²) < 4.78 is 5.38. The molecule has 6 heteroatoms. The van der Waals surface area contributed by atoms with Crippen molar-refractivity contribution in [2.45, 2.75) is 30.8 Å². The Kier molecular flexibility index (Phi) is 5.44. The van der Waals surface area contributed by atoms with Gasteiger partial charge in [-0.05, 0) is 0 Å². The van der Waals surface area contributed by atoms with Crippen molar-refractivity contribution in [1.29, 1.82) is 0 Å². The molecule has 0 aromatic carbocycles. The van der Waals surface area contributed by atoms with Crippen LogP contribution in [-0.2, 0) is 4.74 Å². The van der Waals surface area contributed by atoms with E-state index in [0.29, 0.717) is 26.1 Å². The molecule has 0 saturated carbocycles. The van der Waals surface area contributed by atoms with Crippen LogP contribution in [0.2, 0.25) is 0 Å². The maximum absolute atomic E-state index is 9.48. The molecule has 0 spiro atoms. The predicted molar refractivity (Wildman–Crippen MR) is 54.3 cm³/mol. The highest BCUT2D eigenvalue weighted by molar-refractivity contribution is 4.81. The second kappa shape index (κ2) is 6.37. The maximum Gasteiger partial charge on any atom is 0.0894 e. The summed E-state index contributed by atoms with van der Waals surface area (Å²) in [7, 11) is 0. The Morgan fingerprint density at radius 2 is 2.27 bits per heavy atom. The highest BCUT2D eigenvalue weighted by atomic mass is 16.5. The lowest BCUT2D eigenvalue weighted by Gasteiger charge is -2.31. The van der Waals surface area contributed by atoms with Crippen LogP contribution in [0.4, 0.5) is 0 Å². The zero-order chi connectivity index (χ0) is 11.3. The summed E-state index contributed by atoms with van der Waals surface area (Å²) in [6.45, 7) is 0.960. The molecule has 0 aromatic heterocycles. The van der Waals surface area contributed by atoms with Crippen LogP contribution in [0.3, 0.4) is 0 Å². The van der Waals surface area contributed by atoms with Crippen LogP contribution in [0.5, 0.6) is 0 Å². The Morgan fingerprint density at radius 1 is 1.53 bits per heavy atom. The molecule has 1 aliphatic heterocycles. The van der Waals surface area contributed by atoms with Gasteiger partial charge < -0.3 is 31.1 Å². The van der Waals surface area contributed by atoms with E-state index in [4.69, 9.17) is 20.7 Å². The number of hydrogen-bond donors (Lipinski definition) is 5. The fourth-order valence-corrected chi connectivity index (χ4v) is 1.49. The first kappa shape index (κ1) is 12.8. The molecule has 4 unspecified atom stereocenters. The van der Waals surface area contributed by atoms with Gasteiger partial charge in [-0.3, -0.25) is 0 Å². The molecular formula is C9H20N2O4. The first-order valence-electron chi connectivity index (χ1n) is 5.18. The smallest absolute Gasteiger partial charge is 0.0894 e. The van der Waals surface area contributed by atoms with Crippen LogP contribution >= 0.6 is 0 Å². The van der Waals surface area contributed by atoms with Gasteiger partial charge in [-0.15, -0.1) is 0 Å². The molecule has 90 valence electrons. The van der Waals surface area contributed by atoms with Crippen LogP contribution in [0.1, 0.15) is 6.42 Å². The van der Waals surface area contributed by atoms with E-state index in [0.717, 1.165) is 0 Å². The summed E-state index contributed by atoms with van der Waals surface area (Å²) in [6, 6.07) is -0.302. The molecule has 0 aliphatic carbocycles. The third kappa shape index (κ3) is 4.42. The molecule has 1 fully saturated rings. The Morgan fingerprint density at radius 3 is 2.87 bits per heavy atom. The van der Waals surface area contributed by atoms with Gasteiger partial charge in [0.2, 0.25) is 0 Å². The summed E-state index contributed by atoms with van der Waals surface area (Å²) in [5, 5.41) is 30.1. The fourth-order valence-electron chi connectivity index (χ4n) is 1.49. The third-order valence-corrected chi connectivity index (χ3v) is 2.49. The van der Waals surface area contributed by atoms with Gasteiger partial charge in [0.15, 0.2) is 0 Å². The Balaban J connectivity index is 2.12. The number of nitrogens with two attached hydrogens (primary N) is 1. The van der Waals surface area contributed by atoms with Crippen molar-refractivity contribution >= 4 is 0 Å². The fraction of sp³-hybridized carbons (Fsp3) is 1.00. The van der Waals surface area contributed by atoms with E-state index >= 15 is 0 Å². The maximum atomic E-state index is 9.48. The van der Waals surface area contributed by atoms with Gasteiger partial charge in [0, 0.05) is 19.5 Å². The van der Waals surface area contributed by atoms with E-state index in [2.05, 4.69) is 5.32 Å². The molecule has 6 N–H and O–H groups in total. The highest BCUT2D eigenvalue weighted by Gasteiger charge is 2.26. The standard InChI is InChI=1S/C9H20N2O4/c10-8-5-15-7(1-9(8)14)3-11-2-6(13)4-12/h6-9,11-14H,1-5,10H2. The van der Waals surface area contributed by atoms with Crippen molar-refractivity contribution in [2.75, 3.05) is 26.3 Å². The molecule has 6 nitrogen and oxygen atoms in total. The molecule has 0 aromatic rings. The topological polar surface area (TPSA) is 108 Å². The summed E-state index contributed by atoms with van der Waals surface area (Å²) in [5.74, 6) is 0. The van der Waals surface area contributed by atoms with E-state index in [1.807, 2.05) is 0 Å². The number of rotatable bonds is 5. The van der Waals surface area contributed by atoms with Gasteiger partial charge in [-0.2, -0.15) is 0 Å². The number of aliphatic hydroxyl groups is 3. The normalized spacial score (nSPS) is 34.0. The summed E-state index contributed by atoms with van der Waals surface area (Å²) in [4.78, 5) is 0. The van der Waals surface area contributed by atoms with Gasteiger partial charge in [0.1, 0.15) is 0 Å². The lowest BCUT2D eigenvalue weighted by atomic mass is 10.0. The van der Waals surface area contributed by atoms with Crippen LogP contribution < -0.4 is 11.1 Å². The second-order valence-corrected chi connectivity index (χ2v) is 3.92. The predicted octanol–water partition coefficient (Wildman–Crippen LogP) is -2.59. The number of ether oxygens (including phenoxy) is 1. The number of hydrogen-bond acceptors (Lipinski definition) is 6. The largest absolute Gasteiger partial charge is 0.394 e. The molecule has 15 heavy (non-hydrogen) atoms. The number of nitrogens with one attached hydrogen (secondary N) is 1. The first-order valence-corrected chi connectivity index (χ1v) is 5.18. The van der Waals surface area contributed by atoms with E-state index in [1.165, 1.54) is 0 Å². The molecule has 4 atom stereocenters. The van der Waals surface area contributed by atoms with E-state index < -0.39 is 12.2 Å². The molecular weight excluding hydrogens is 200 g/mol. The summed E-state index contributed by atoms with van der Waals surface area (Å²) in [6.07, 6.45) is -0.844. The molecule has 1 rings (SSSR count). The van der Waals surface area contributed by atoms with Crippen molar-refractivity contribution < 1.29 is 20.1 Å². The van der Waals surface area contributed by atoms with E-state index in [1.54, 1.807) is 0 Å². The quantitative estimate of drug-likeness (QED) is 0.348. The minimum atomic E-state index is -0.749. The van der Waals surface area contributed by atoms with Crippen molar-refractivity contribution in [3.63, 3.8) is 0 Å². The number of aliphatic hydroxyl groups excluding tert-OH is 3. The van der Waals surface area contributed by atoms with Crippen LogP contribution in [0, 0.1) is 0 Å². The summed E-state index contributed by atoms with van der Waals surface area (Å²) in [5.41, 5.74) is 5.57. The van der Waals surface area contributed by atoms with E-state index in [9.17, 15) is 5.11 Å². The Labute approximate surface area is 89.0 Å². The minimum absolute atomic E-state index is 0.0781. The lowest BCUT2D eigenvalue weighted by molar-refractivity contribution is -0.0559. The van der Waals surface area contributed by atoms with Gasteiger partial charge >= 0.3 is 0 Å². The highest BCUT2D eigenvalue weighted by Crippen LogP contribution is 2.12. The van der Waals surface area contributed by atoms with E-state index in [-0.39, 0.29) is 18.8 Å². The van der Waals surface area contributed by atoms with Crippen molar-refractivity contribution in [2.24, 2.45) is 5.73 Å². The molecule has 0 radical (unpaired) electrons. The molecule has 1 saturated heterocycles. The SMILES string of the molecule is NC1COC(CNCC(O)CO)CC1O. The second-order valence-electron chi connectivity index (χ2n) is 3.92. The zero-order valence-corrected chi connectivity index (χ0v) is 8.67. The van der Waals surface area contributed by atoms with Crippen LogP contribution in [-0.4, -0.2) is 66.0 Å². The molecule has 0 amide bonds. The molecule has 0 bridgehead atoms. The van der Waals surface area contributed by atoms with Crippen molar-refractivity contribution in [3.05, 3.63) is 0 Å². The lowest BCUT2D eigenvalue weighted by Crippen LogP contribution is -2.49. The van der Waals surface area contributed by atoms with Gasteiger partial charge in [0.05, 0.1) is 37.6 Å². The first-order chi connectivity index (χ1) is 7.13. The van der Waals surface area contributed by atoms with Crippen LogP contribution in [0.25, 0.3) is 0 Å². The minimum Gasteiger partial charge on any atom is -0.394 e. The van der Waals surface area contributed by atoms with Crippen molar-refractivity contribution in [1.82, 2.24) is 5.32 Å². The average molecular weight is 220 g/mol. The summed E-state index contributed by atoms with van der Waals surface area (Å²) >= 11 is 0. The van der Waals surface area contributed by atoms with Gasteiger partial charge in [0.25, 0.3) is 0 Å². The van der Waals surface area contributed by atoms with Gasteiger partial charge in [-0.1, -0.05) is 0 Å². The molecule has 1 aliphatic rings. The third-order valence-electron chi connectivity index (χ3n) is 2.49. The monoisotopic (exact) mass is 220 g/mol. The van der Waals surface area contributed by atoms with Gasteiger partial charge in [-0.25, -0.2) is 0 Å². The van der Waals surface area contributed by atoms with Crippen LogP contribution in [0.15, 0.2) is 0 Å². The Bertz CT molecular complexity index is 181. The zero-order valence-electron chi connectivity index (χ0n) is 8.67. The molecule has 1 heterocycles.